The molecule has 3 nitrogen and oxygen atoms in total. The van der Waals surface area contributed by atoms with Crippen LogP contribution in [-0.4, -0.2) is 5.37 Å². The fraction of sp³-hybridized carbons (Fsp3) is 0.231. The van der Waals surface area contributed by atoms with Crippen molar-refractivity contribution in [3.05, 3.63) is 29.4 Å². The molecule has 4 N–H and O–H groups in total. The van der Waals surface area contributed by atoms with Gasteiger partial charge in [0.2, 0.25) is 0 Å². The van der Waals surface area contributed by atoms with Crippen molar-refractivity contribution in [3.8, 4) is 0 Å². The Kier molecular flexibility index (Phi) is 2.18. The van der Waals surface area contributed by atoms with Crippen LogP contribution in [0, 0.1) is 0 Å². The van der Waals surface area contributed by atoms with E-state index in [-0.39, 0.29) is 5.37 Å². The zero-order valence-electron chi connectivity index (χ0n) is 9.86. The molecular weight excluding hydrogens is 262 g/mol. The fourth-order valence-corrected chi connectivity index (χ4v) is 5.08. The number of hydrogen-bond acceptors (Lipinski definition) is 5. The van der Waals surface area contributed by atoms with Crippen LogP contribution in [0.1, 0.15) is 18.4 Å². The molecule has 3 heterocycles. The Morgan fingerprint density at radius 2 is 2.00 bits per heavy atom. The van der Waals surface area contributed by atoms with Gasteiger partial charge in [-0.1, -0.05) is 6.92 Å². The summed E-state index contributed by atoms with van der Waals surface area (Å²) in [5.41, 5.74) is 9.98. The summed E-state index contributed by atoms with van der Waals surface area (Å²) in [6.07, 6.45) is 3.89. The summed E-state index contributed by atoms with van der Waals surface area (Å²) >= 11 is 3.60. The number of nitrogens with two attached hydrogens (primary N) is 1. The van der Waals surface area contributed by atoms with Crippen LogP contribution in [0.5, 0.6) is 0 Å². The number of hydrogen-bond donors (Lipinski definition) is 3. The second-order valence-electron chi connectivity index (χ2n) is 4.65. The molecule has 4 rings (SSSR count). The van der Waals surface area contributed by atoms with Crippen molar-refractivity contribution in [3.63, 3.8) is 0 Å². The topological polar surface area (TPSA) is 50.1 Å². The number of rotatable bonds is 0. The van der Waals surface area contributed by atoms with Crippen molar-refractivity contribution in [2.45, 2.75) is 23.1 Å². The normalized spacial score (nSPS) is 24.6. The maximum atomic E-state index is 6.22. The van der Waals surface area contributed by atoms with Crippen molar-refractivity contribution < 1.29 is 0 Å². The van der Waals surface area contributed by atoms with Gasteiger partial charge in [0.05, 0.1) is 21.4 Å². The van der Waals surface area contributed by atoms with Crippen molar-refractivity contribution in [1.82, 2.24) is 0 Å². The van der Waals surface area contributed by atoms with Gasteiger partial charge in [-0.15, -0.1) is 23.1 Å². The smallest absolute Gasteiger partial charge is 0.0711 e. The van der Waals surface area contributed by atoms with E-state index in [9.17, 15) is 0 Å². The summed E-state index contributed by atoms with van der Waals surface area (Å²) in [7, 11) is 0. The molecule has 2 aliphatic heterocycles. The van der Waals surface area contributed by atoms with Gasteiger partial charge in [0.25, 0.3) is 0 Å². The molecule has 2 atom stereocenters. The van der Waals surface area contributed by atoms with E-state index in [1.54, 1.807) is 23.1 Å². The summed E-state index contributed by atoms with van der Waals surface area (Å²) in [5, 5.41) is 10.4. The van der Waals surface area contributed by atoms with E-state index in [0.717, 1.165) is 0 Å². The molecule has 92 valence electrons. The van der Waals surface area contributed by atoms with Gasteiger partial charge in [-0.2, -0.15) is 0 Å². The minimum atomic E-state index is 0.157. The molecule has 2 unspecified atom stereocenters. The average Bonchev–Trinajstić information content (AvgIpc) is 2.96. The maximum Gasteiger partial charge on any atom is 0.0711 e. The van der Waals surface area contributed by atoms with Gasteiger partial charge in [0.15, 0.2) is 0 Å². The van der Waals surface area contributed by atoms with Gasteiger partial charge in [-0.3, -0.25) is 0 Å². The van der Waals surface area contributed by atoms with Gasteiger partial charge in [0.1, 0.15) is 0 Å². The lowest BCUT2D eigenvalue weighted by Crippen LogP contribution is -2.18. The Morgan fingerprint density at radius 3 is 2.83 bits per heavy atom. The number of thioether (sulfide) groups is 1. The molecule has 0 fully saturated rings. The van der Waals surface area contributed by atoms with Crippen LogP contribution in [0.25, 0.3) is 10.1 Å². The second-order valence-corrected chi connectivity index (χ2v) is 6.75. The van der Waals surface area contributed by atoms with E-state index in [1.807, 2.05) is 12.4 Å². The monoisotopic (exact) mass is 275 g/mol. The largest absolute Gasteiger partial charge is 0.358 e. The first-order valence-corrected chi connectivity index (χ1v) is 7.70. The van der Waals surface area contributed by atoms with Crippen LogP contribution in [0.15, 0.2) is 28.7 Å². The van der Waals surface area contributed by atoms with E-state index in [0.29, 0.717) is 5.92 Å². The molecule has 0 spiro atoms. The van der Waals surface area contributed by atoms with Gasteiger partial charge in [-0.25, -0.2) is 0 Å². The molecule has 2 aliphatic rings. The molecule has 1 aromatic carbocycles. The zero-order chi connectivity index (χ0) is 12.3. The molecule has 0 saturated heterocycles. The fourth-order valence-electron chi connectivity index (χ4n) is 2.69. The molecule has 2 aromatic rings. The minimum Gasteiger partial charge on any atom is -0.358 e. The van der Waals surface area contributed by atoms with E-state index in [4.69, 9.17) is 5.73 Å². The van der Waals surface area contributed by atoms with Crippen molar-refractivity contribution in [2.75, 3.05) is 10.6 Å². The Labute approximate surface area is 113 Å². The summed E-state index contributed by atoms with van der Waals surface area (Å²) in [6, 6.07) is 2.18. The third kappa shape index (κ3) is 1.24. The highest BCUT2D eigenvalue weighted by molar-refractivity contribution is 8.00. The highest BCUT2D eigenvalue weighted by atomic mass is 32.2. The third-order valence-corrected chi connectivity index (χ3v) is 6.05. The van der Waals surface area contributed by atoms with E-state index >= 15 is 0 Å². The second kappa shape index (κ2) is 3.66. The maximum absolute atomic E-state index is 6.22. The van der Waals surface area contributed by atoms with E-state index in [1.165, 1.54) is 31.9 Å². The quantitative estimate of drug-likeness (QED) is 0.686. The van der Waals surface area contributed by atoms with Crippen LogP contribution < -0.4 is 16.4 Å². The number of benzene rings is 1. The Morgan fingerprint density at radius 1 is 1.22 bits per heavy atom. The lowest BCUT2D eigenvalue weighted by atomic mass is 9.96. The molecule has 0 amide bonds. The zero-order valence-corrected chi connectivity index (χ0v) is 11.5. The van der Waals surface area contributed by atoms with Crippen molar-refractivity contribution in [2.24, 2.45) is 5.73 Å². The predicted molar refractivity (Wildman–Crippen MR) is 80.5 cm³/mol. The minimum absolute atomic E-state index is 0.157. The molecule has 1 aromatic heterocycles. The number of anilines is 2. The standard InChI is InChI=1S/C13H13N3S2/c1-6-8-10-9(15-3-4-16-10)7-2-5-17-11(7)12(8)18-13(6)14/h2-6,13,15-16H,14H2,1H3. The number of nitrogens with one attached hydrogen (secondary N) is 2. The SMILES string of the molecule is CC1c2c3c(c4ccsc4c2SC1N)NC=CN3. The lowest BCUT2D eigenvalue weighted by Gasteiger charge is -2.21. The highest BCUT2D eigenvalue weighted by Gasteiger charge is 2.34. The van der Waals surface area contributed by atoms with Gasteiger partial charge in [-0.05, 0) is 17.0 Å². The Hall–Kier alpha value is -1.17. The Balaban J connectivity index is 2.13. The molecule has 5 heteroatoms. The summed E-state index contributed by atoms with van der Waals surface area (Å²) < 4.78 is 1.36. The third-order valence-electron chi connectivity index (χ3n) is 3.65. The predicted octanol–water partition coefficient (Wildman–Crippen LogP) is 3.70. The van der Waals surface area contributed by atoms with Crippen LogP contribution in [0.3, 0.4) is 0 Å². The van der Waals surface area contributed by atoms with Crippen LogP contribution >= 0.6 is 23.1 Å². The molecule has 0 bridgehead atoms. The lowest BCUT2D eigenvalue weighted by molar-refractivity contribution is 0.741. The molecule has 0 saturated carbocycles. The molecule has 18 heavy (non-hydrogen) atoms. The van der Waals surface area contributed by atoms with Gasteiger partial charge < -0.3 is 16.4 Å². The van der Waals surface area contributed by atoms with E-state index in [2.05, 4.69) is 29.0 Å². The summed E-state index contributed by atoms with van der Waals surface area (Å²) in [6.45, 7) is 2.21. The highest BCUT2D eigenvalue weighted by Crippen LogP contribution is 2.54. The first kappa shape index (κ1) is 10.7. The van der Waals surface area contributed by atoms with Crippen LogP contribution in [0.2, 0.25) is 0 Å². The summed E-state index contributed by atoms with van der Waals surface area (Å²) in [4.78, 5) is 1.36. The van der Waals surface area contributed by atoms with Crippen LogP contribution in [0.4, 0.5) is 11.4 Å². The molecule has 0 aliphatic carbocycles. The first-order chi connectivity index (χ1) is 8.77. The van der Waals surface area contributed by atoms with Crippen molar-refractivity contribution >= 4 is 44.6 Å². The van der Waals surface area contributed by atoms with Gasteiger partial charge >= 0.3 is 0 Å². The number of thiophene rings is 1. The molecular formula is C13H13N3S2. The number of fused-ring (bicyclic) bond motifs is 6. The van der Waals surface area contributed by atoms with Crippen LogP contribution in [-0.2, 0) is 0 Å². The van der Waals surface area contributed by atoms with Gasteiger partial charge in [0, 0.05) is 28.6 Å². The summed E-state index contributed by atoms with van der Waals surface area (Å²) in [5.74, 6) is 0.381. The van der Waals surface area contributed by atoms with E-state index < -0.39 is 0 Å². The Bertz CT molecular complexity index is 674. The average molecular weight is 275 g/mol. The molecule has 0 radical (unpaired) electrons. The first-order valence-electron chi connectivity index (χ1n) is 5.95. The van der Waals surface area contributed by atoms with Crippen molar-refractivity contribution in [1.29, 1.82) is 0 Å².